The van der Waals surface area contributed by atoms with Crippen LogP contribution in [-0.2, 0) is 19.0 Å². The zero-order valence-electron chi connectivity index (χ0n) is 12.0. The molecule has 0 saturated carbocycles. The molecule has 2 aliphatic rings. The smallest absolute Gasteiger partial charge is 0.306 e. The number of nitrogens with zero attached hydrogens (tertiary/aromatic N) is 1. The molecule has 5 heteroatoms. The van der Waals surface area contributed by atoms with Crippen molar-refractivity contribution in [2.24, 2.45) is 0 Å². The highest BCUT2D eigenvalue weighted by molar-refractivity contribution is 5.69. The van der Waals surface area contributed by atoms with Gasteiger partial charge < -0.3 is 19.1 Å². The third-order valence-electron chi connectivity index (χ3n) is 4.39. The highest BCUT2D eigenvalue weighted by Crippen LogP contribution is 2.35. The average molecular weight is 271 g/mol. The van der Waals surface area contributed by atoms with Crippen LogP contribution in [0.5, 0.6) is 0 Å². The molecule has 1 unspecified atom stereocenters. The van der Waals surface area contributed by atoms with Gasteiger partial charge in [0.2, 0.25) is 0 Å². The lowest BCUT2D eigenvalue weighted by Gasteiger charge is -2.45. The van der Waals surface area contributed by atoms with Crippen molar-refractivity contribution in [1.82, 2.24) is 4.90 Å². The number of ether oxygens (including phenoxy) is 3. The second-order valence-electron chi connectivity index (χ2n) is 5.60. The fraction of sp³-hybridized carbons (Fsp3) is 0.929. The van der Waals surface area contributed by atoms with Crippen LogP contribution < -0.4 is 0 Å². The van der Waals surface area contributed by atoms with E-state index in [9.17, 15) is 4.79 Å². The summed E-state index contributed by atoms with van der Waals surface area (Å²) in [5.74, 6) is -0.139. The lowest BCUT2D eigenvalue weighted by atomic mass is 9.83. The molecule has 0 radical (unpaired) electrons. The van der Waals surface area contributed by atoms with Gasteiger partial charge >= 0.3 is 5.97 Å². The van der Waals surface area contributed by atoms with Crippen LogP contribution in [0.15, 0.2) is 0 Å². The largest absolute Gasteiger partial charge is 0.469 e. The zero-order chi connectivity index (χ0) is 13.7. The Labute approximate surface area is 115 Å². The van der Waals surface area contributed by atoms with Crippen molar-refractivity contribution in [2.75, 3.05) is 40.5 Å². The fourth-order valence-corrected chi connectivity index (χ4v) is 3.02. The topological polar surface area (TPSA) is 48.0 Å². The van der Waals surface area contributed by atoms with Crippen LogP contribution in [-0.4, -0.2) is 63.0 Å². The number of carbonyl (C=O) groups is 1. The molecule has 0 aromatic carbocycles. The van der Waals surface area contributed by atoms with Crippen molar-refractivity contribution in [2.45, 2.75) is 43.7 Å². The summed E-state index contributed by atoms with van der Waals surface area (Å²) in [6.45, 7) is 3.17. The molecular weight excluding hydrogens is 246 g/mol. The number of methoxy groups -OCH3 is 1. The highest BCUT2D eigenvalue weighted by atomic mass is 16.5. The second kappa shape index (κ2) is 6.68. The maximum atomic E-state index is 11.2. The normalized spacial score (nSPS) is 26.6. The van der Waals surface area contributed by atoms with Crippen LogP contribution in [0.25, 0.3) is 0 Å². The van der Waals surface area contributed by atoms with Gasteiger partial charge in [-0.1, -0.05) is 0 Å². The van der Waals surface area contributed by atoms with E-state index >= 15 is 0 Å². The molecule has 2 fully saturated rings. The Bertz CT molecular complexity index is 296. The van der Waals surface area contributed by atoms with Crippen LogP contribution in [0.4, 0.5) is 0 Å². The molecule has 1 atom stereocenters. The summed E-state index contributed by atoms with van der Waals surface area (Å²) < 4.78 is 16.2. The molecule has 2 heterocycles. The Morgan fingerprint density at radius 1 is 1.37 bits per heavy atom. The summed E-state index contributed by atoms with van der Waals surface area (Å²) in [6.07, 6.45) is 4.54. The Morgan fingerprint density at radius 3 is 2.79 bits per heavy atom. The lowest BCUT2D eigenvalue weighted by molar-refractivity contribution is -0.151. The first-order chi connectivity index (χ1) is 9.15. The molecule has 0 aromatic heterocycles. The minimum absolute atomic E-state index is 0.0146. The molecule has 0 aromatic rings. The van der Waals surface area contributed by atoms with Crippen LogP contribution >= 0.6 is 0 Å². The van der Waals surface area contributed by atoms with Crippen molar-refractivity contribution in [3.05, 3.63) is 0 Å². The van der Waals surface area contributed by atoms with Gasteiger partial charge in [0.15, 0.2) is 0 Å². The summed E-state index contributed by atoms with van der Waals surface area (Å²) in [7, 11) is 3.53. The third kappa shape index (κ3) is 3.91. The minimum Gasteiger partial charge on any atom is -0.469 e. The van der Waals surface area contributed by atoms with Gasteiger partial charge in [0.1, 0.15) is 0 Å². The monoisotopic (exact) mass is 271 g/mol. The molecule has 2 aliphatic heterocycles. The molecule has 0 amide bonds. The molecule has 1 spiro atoms. The van der Waals surface area contributed by atoms with E-state index in [1.165, 1.54) is 7.11 Å². The van der Waals surface area contributed by atoms with E-state index in [1.54, 1.807) is 0 Å². The fourth-order valence-electron chi connectivity index (χ4n) is 3.02. The molecule has 0 N–H and O–H groups in total. The Morgan fingerprint density at radius 2 is 2.11 bits per heavy atom. The Hall–Kier alpha value is -0.650. The van der Waals surface area contributed by atoms with Gasteiger partial charge in [-0.15, -0.1) is 0 Å². The SMILES string of the molecule is COC(=O)CCN(C)C1CCOC2(CCOCC2)C1. The number of hydrogen-bond acceptors (Lipinski definition) is 5. The quantitative estimate of drug-likeness (QED) is 0.719. The summed E-state index contributed by atoms with van der Waals surface area (Å²) >= 11 is 0. The number of hydrogen-bond donors (Lipinski definition) is 0. The predicted octanol–water partition coefficient (Wildman–Crippen LogP) is 1.21. The van der Waals surface area contributed by atoms with Gasteiger partial charge in [-0.05, 0) is 32.7 Å². The summed E-state index contributed by atoms with van der Waals surface area (Å²) in [4.78, 5) is 13.5. The molecule has 2 rings (SSSR count). The highest BCUT2D eigenvalue weighted by Gasteiger charge is 2.40. The third-order valence-corrected chi connectivity index (χ3v) is 4.39. The number of carbonyl (C=O) groups excluding carboxylic acids is 1. The van der Waals surface area contributed by atoms with Gasteiger partial charge in [-0.2, -0.15) is 0 Å². The van der Waals surface area contributed by atoms with Gasteiger partial charge in [0.05, 0.1) is 19.1 Å². The summed E-state index contributed by atoms with van der Waals surface area (Å²) in [5, 5.41) is 0. The average Bonchev–Trinajstić information content (AvgIpc) is 2.45. The number of rotatable bonds is 4. The van der Waals surface area contributed by atoms with Crippen LogP contribution in [0.3, 0.4) is 0 Å². The van der Waals surface area contributed by atoms with Crippen molar-refractivity contribution < 1.29 is 19.0 Å². The second-order valence-corrected chi connectivity index (χ2v) is 5.60. The van der Waals surface area contributed by atoms with E-state index < -0.39 is 0 Å². The van der Waals surface area contributed by atoms with E-state index in [-0.39, 0.29) is 11.6 Å². The first-order valence-electron chi connectivity index (χ1n) is 7.14. The molecule has 19 heavy (non-hydrogen) atoms. The maximum absolute atomic E-state index is 11.2. The van der Waals surface area contributed by atoms with Gasteiger partial charge in [0.25, 0.3) is 0 Å². The molecular formula is C14H25NO4. The van der Waals surface area contributed by atoms with E-state index in [0.717, 1.165) is 52.0 Å². The van der Waals surface area contributed by atoms with Crippen LogP contribution in [0.1, 0.15) is 32.1 Å². The van der Waals surface area contributed by atoms with Crippen molar-refractivity contribution in [3.63, 3.8) is 0 Å². The van der Waals surface area contributed by atoms with Crippen molar-refractivity contribution in [1.29, 1.82) is 0 Å². The van der Waals surface area contributed by atoms with Gasteiger partial charge in [-0.3, -0.25) is 4.79 Å². The summed E-state index contributed by atoms with van der Waals surface area (Å²) in [5.41, 5.74) is 0.0146. The van der Waals surface area contributed by atoms with Crippen molar-refractivity contribution in [3.8, 4) is 0 Å². The van der Waals surface area contributed by atoms with Crippen LogP contribution in [0, 0.1) is 0 Å². The first-order valence-corrected chi connectivity index (χ1v) is 7.14. The predicted molar refractivity (Wildman–Crippen MR) is 71.0 cm³/mol. The Kier molecular flexibility index (Phi) is 5.19. The minimum atomic E-state index is -0.139. The Balaban J connectivity index is 1.84. The first kappa shape index (κ1) is 14.8. The van der Waals surface area contributed by atoms with E-state index in [1.807, 2.05) is 0 Å². The van der Waals surface area contributed by atoms with E-state index in [4.69, 9.17) is 14.2 Å². The lowest BCUT2D eigenvalue weighted by Crippen LogP contribution is -2.50. The van der Waals surface area contributed by atoms with Gasteiger partial charge in [-0.25, -0.2) is 0 Å². The molecule has 5 nitrogen and oxygen atoms in total. The zero-order valence-corrected chi connectivity index (χ0v) is 12.0. The van der Waals surface area contributed by atoms with Crippen molar-refractivity contribution >= 4 is 5.97 Å². The van der Waals surface area contributed by atoms with E-state index in [0.29, 0.717) is 12.5 Å². The molecule has 0 bridgehead atoms. The molecule has 2 saturated heterocycles. The van der Waals surface area contributed by atoms with Crippen LogP contribution in [0.2, 0.25) is 0 Å². The molecule has 110 valence electrons. The maximum Gasteiger partial charge on any atom is 0.306 e. The molecule has 0 aliphatic carbocycles. The van der Waals surface area contributed by atoms with Gasteiger partial charge in [0, 0.05) is 32.4 Å². The standard InChI is InChI=1S/C14H25NO4/c1-15(7-3-13(16)17-2)12-4-8-19-14(11-12)5-9-18-10-6-14/h12H,3-11H2,1-2H3. The van der Waals surface area contributed by atoms with E-state index in [2.05, 4.69) is 11.9 Å². The summed E-state index contributed by atoms with van der Waals surface area (Å²) in [6, 6.07) is 0.497. The number of esters is 1.